The Morgan fingerprint density at radius 1 is 1.03 bits per heavy atom. The van der Waals surface area contributed by atoms with Gasteiger partial charge < -0.3 is 14.6 Å². The van der Waals surface area contributed by atoms with E-state index in [4.69, 9.17) is 9.47 Å². The summed E-state index contributed by atoms with van der Waals surface area (Å²) in [6.45, 7) is 3.76. The molecule has 9 heteroatoms. The molecule has 1 aromatic heterocycles. The zero-order chi connectivity index (χ0) is 21.7. The lowest BCUT2D eigenvalue weighted by Crippen LogP contribution is -2.41. The van der Waals surface area contributed by atoms with Crippen molar-refractivity contribution in [2.45, 2.75) is 20.0 Å². The van der Waals surface area contributed by atoms with Crippen LogP contribution >= 0.6 is 0 Å². The van der Waals surface area contributed by atoms with E-state index in [9.17, 15) is 14.7 Å². The van der Waals surface area contributed by atoms with E-state index in [1.807, 2.05) is 19.9 Å². The molecule has 0 radical (unpaired) electrons. The van der Waals surface area contributed by atoms with Gasteiger partial charge in [-0.1, -0.05) is 18.2 Å². The molecule has 0 saturated carbocycles. The maximum absolute atomic E-state index is 12.4. The van der Waals surface area contributed by atoms with Crippen LogP contribution in [0.25, 0.3) is 5.69 Å². The molecule has 0 aliphatic rings. The van der Waals surface area contributed by atoms with Crippen molar-refractivity contribution in [3.05, 3.63) is 66.0 Å². The second-order valence-electron chi connectivity index (χ2n) is 6.58. The van der Waals surface area contributed by atoms with Gasteiger partial charge in [-0.25, -0.2) is 4.68 Å². The number of rotatable bonds is 6. The van der Waals surface area contributed by atoms with Crippen LogP contribution in [-0.4, -0.2) is 39.9 Å². The molecule has 30 heavy (non-hydrogen) atoms. The fourth-order valence-corrected chi connectivity index (χ4v) is 2.64. The van der Waals surface area contributed by atoms with Crippen LogP contribution in [0.5, 0.6) is 17.2 Å². The van der Waals surface area contributed by atoms with Gasteiger partial charge >= 0.3 is 0 Å². The molecular weight excluding hydrogens is 388 g/mol. The molecule has 0 atom stereocenters. The van der Waals surface area contributed by atoms with E-state index in [2.05, 4.69) is 16.0 Å². The molecule has 0 bridgehead atoms. The maximum Gasteiger partial charge on any atom is 0.294 e. The zero-order valence-electron chi connectivity index (χ0n) is 16.7. The predicted molar refractivity (Wildman–Crippen MR) is 109 cm³/mol. The van der Waals surface area contributed by atoms with Gasteiger partial charge in [0.1, 0.15) is 0 Å². The highest BCUT2D eigenvalue weighted by Gasteiger charge is 2.19. The number of methoxy groups -OCH3 is 1. The van der Waals surface area contributed by atoms with Crippen molar-refractivity contribution < 1.29 is 24.2 Å². The van der Waals surface area contributed by atoms with Crippen molar-refractivity contribution in [3.63, 3.8) is 0 Å². The Labute approximate surface area is 173 Å². The molecule has 1 heterocycles. The highest BCUT2D eigenvalue weighted by atomic mass is 16.5. The summed E-state index contributed by atoms with van der Waals surface area (Å²) in [5.41, 5.74) is 5.23. The van der Waals surface area contributed by atoms with Gasteiger partial charge in [0.2, 0.25) is 0 Å². The van der Waals surface area contributed by atoms with Gasteiger partial charge in [0, 0.05) is 5.56 Å². The summed E-state index contributed by atoms with van der Waals surface area (Å²) in [7, 11) is 1.47. The average molecular weight is 410 g/mol. The van der Waals surface area contributed by atoms with Crippen molar-refractivity contribution in [1.82, 2.24) is 20.6 Å². The number of aromatic nitrogens is 2. The van der Waals surface area contributed by atoms with Gasteiger partial charge in [-0.3, -0.25) is 20.4 Å². The van der Waals surface area contributed by atoms with Crippen LogP contribution in [0, 0.1) is 0 Å². The normalized spacial score (nSPS) is 10.5. The Kier molecular flexibility index (Phi) is 6.21. The number of carbonyl (C=O) groups is 2. The van der Waals surface area contributed by atoms with Crippen molar-refractivity contribution in [2.24, 2.45) is 0 Å². The monoisotopic (exact) mass is 410 g/mol. The Hall–Kier alpha value is -4.01. The first-order valence-corrected chi connectivity index (χ1v) is 9.18. The molecule has 0 spiro atoms. The second-order valence-corrected chi connectivity index (χ2v) is 6.58. The summed E-state index contributed by atoms with van der Waals surface area (Å²) in [5, 5.41) is 14.1. The molecule has 2 aromatic carbocycles. The van der Waals surface area contributed by atoms with Crippen molar-refractivity contribution >= 4 is 11.8 Å². The number of carbonyl (C=O) groups excluding carboxylic acids is 2. The standard InChI is InChI=1S/C21H22N4O5/c1-13(2)30-17-10-9-14(11-18(17)29-3)20(27)22-23-21(28)19-16(26)12-25(24-19)15-7-5-4-6-8-15/h4-13,26H,1-3H3,(H,22,27)(H,23,28). The number of nitrogens with one attached hydrogen (secondary N) is 2. The number of benzene rings is 2. The van der Waals surface area contributed by atoms with E-state index in [1.54, 1.807) is 36.4 Å². The van der Waals surface area contributed by atoms with E-state index < -0.39 is 11.8 Å². The fraction of sp³-hybridized carbons (Fsp3) is 0.190. The van der Waals surface area contributed by atoms with E-state index in [1.165, 1.54) is 24.1 Å². The molecule has 9 nitrogen and oxygen atoms in total. The van der Waals surface area contributed by atoms with E-state index in [0.717, 1.165) is 0 Å². The Bertz CT molecular complexity index is 1050. The summed E-state index contributed by atoms with van der Waals surface area (Å²) in [6, 6.07) is 13.7. The first-order valence-electron chi connectivity index (χ1n) is 9.18. The number of hydrogen-bond donors (Lipinski definition) is 3. The second kappa shape index (κ2) is 8.99. The Balaban J connectivity index is 1.68. The summed E-state index contributed by atoms with van der Waals surface area (Å²) in [4.78, 5) is 24.7. The van der Waals surface area contributed by atoms with E-state index in [0.29, 0.717) is 17.2 Å². The lowest BCUT2D eigenvalue weighted by Gasteiger charge is -2.14. The highest BCUT2D eigenvalue weighted by molar-refractivity contribution is 5.99. The molecule has 0 fully saturated rings. The van der Waals surface area contributed by atoms with Crippen LogP contribution < -0.4 is 20.3 Å². The Morgan fingerprint density at radius 2 is 1.73 bits per heavy atom. The molecule has 3 rings (SSSR count). The lowest BCUT2D eigenvalue weighted by atomic mass is 10.2. The van der Waals surface area contributed by atoms with Gasteiger partial charge in [-0.05, 0) is 44.2 Å². The van der Waals surface area contributed by atoms with Crippen LogP contribution in [0.2, 0.25) is 0 Å². The number of ether oxygens (including phenoxy) is 2. The molecule has 0 aliphatic carbocycles. The summed E-state index contributed by atoms with van der Waals surface area (Å²) in [6.07, 6.45) is 1.26. The van der Waals surface area contributed by atoms with Gasteiger partial charge in [0.25, 0.3) is 11.8 Å². The molecule has 2 amide bonds. The number of amides is 2. The lowest BCUT2D eigenvalue weighted by molar-refractivity contribution is 0.0842. The molecule has 0 saturated heterocycles. The van der Waals surface area contributed by atoms with Crippen LogP contribution in [0.4, 0.5) is 0 Å². The van der Waals surface area contributed by atoms with Crippen molar-refractivity contribution in [1.29, 1.82) is 0 Å². The third-order valence-electron chi connectivity index (χ3n) is 4.01. The first kappa shape index (κ1) is 20.7. The predicted octanol–water partition coefficient (Wildman–Crippen LogP) is 2.45. The molecule has 156 valence electrons. The minimum atomic E-state index is -0.762. The molecule has 3 aromatic rings. The third-order valence-corrected chi connectivity index (χ3v) is 4.01. The number of hydrazine groups is 1. The van der Waals surface area contributed by atoms with Gasteiger partial charge in [-0.2, -0.15) is 5.10 Å². The maximum atomic E-state index is 12.4. The van der Waals surface area contributed by atoms with E-state index >= 15 is 0 Å². The van der Waals surface area contributed by atoms with Crippen molar-refractivity contribution in [2.75, 3.05) is 7.11 Å². The molecular formula is C21H22N4O5. The zero-order valence-corrected chi connectivity index (χ0v) is 16.7. The van der Waals surface area contributed by atoms with Crippen LogP contribution in [0.3, 0.4) is 0 Å². The number of hydrogen-bond acceptors (Lipinski definition) is 6. The van der Waals surface area contributed by atoms with Crippen molar-refractivity contribution in [3.8, 4) is 22.9 Å². The minimum Gasteiger partial charge on any atom is -0.504 e. The van der Waals surface area contributed by atoms with Crippen LogP contribution in [0.15, 0.2) is 54.7 Å². The van der Waals surface area contributed by atoms with Crippen LogP contribution in [0.1, 0.15) is 34.7 Å². The number of aromatic hydroxyl groups is 1. The topological polar surface area (TPSA) is 115 Å². The quantitative estimate of drug-likeness (QED) is 0.538. The molecule has 3 N–H and O–H groups in total. The summed E-state index contributed by atoms with van der Waals surface area (Å²) < 4.78 is 12.2. The minimum absolute atomic E-state index is 0.0544. The Morgan fingerprint density at radius 3 is 2.40 bits per heavy atom. The highest BCUT2D eigenvalue weighted by Crippen LogP contribution is 2.29. The fourth-order valence-electron chi connectivity index (χ4n) is 2.64. The van der Waals surface area contributed by atoms with Gasteiger partial charge in [-0.15, -0.1) is 0 Å². The molecule has 0 unspecified atom stereocenters. The first-order chi connectivity index (χ1) is 14.4. The largest absolute Gasteiger partial charge is 0.504 e. The molecule has 0 aliphatic heterocycles. The number of nitrogens with zero attached hydrogens (tertiary/aromatic N) is 2. The average Bonchev–Trinajstić information content (AvgIpc) is 3.14. The summed E-state index contributed by atoms with van der Waals surface area (Å²) in [5.74, 6) is -0.754. The van der Waals surface area contributed by atoms with Gasteiger partial charge in [0.15, 0.2) is 22.9 Å². The van der Waals surface area contributed by atoms with Gasteiger partial charge in [0.05, 0.1) is 25.1 Å². The van der Waals surface area contributed by atoms with Crippen LogP contribution in [-0.2, 0) is 0 Å². The van der Waals surface area contributed by atoms with E-state index in [-0.39, 0.29) is 23.1 Å². The SMILES string of the molecule is COc1cc(C(=O)NNC(=O)c2nn(-c3ccccc3)cc2O)ccc1OC(C)C. The smallest absolute Gasteiger partial charge is 0.294 e. The number of para-hydroxylation sites is 1. The third kappa shape index (κ3) is 4.69. The summed E-state index contributed by atoms with van der Waals surface area (Å²) >= 11 is 0.